The normalized spacial score (nSPS) is 16.5. The molecular formula is C31H32FNO6. The lowest BCUT2D eigenvalue weighted by atomic mass is 9.94. The predicted octanol–water partition coefficient (Wildman–Crippen LogP) is 5.69. The first-order valence-electron chi connectivity index (χ1n) is 13.0. The Kier molecular flexibility index (Phi) is 8.54. The summed E-state index contributed by atoms with van der Waals surface area (Å²) in [5, 5.41) is 21.7. The molecule has 3 aromatic carbocycles. The van der Waals surface area contributed by atoms with Crippen LogP contribution in [0.25, 0.3) is 5.76 Å². The molecule has 1 aliphatic rings. The first-order chi connectivity index (χ1) is 18.7. The van der Waals surface area contributed by atoms with Crippen molar-refractivity contribution in [2.24, 2.45) is 0 Å². The van der Waals surface area contributed by atoms with Gasteiger partial charge in [0.15, 0.2) is 11.5 Å². The monoisotopic (exact) mass is 533 g/mol. The summed E-state index contributed by atoms with van der Waals surface area (Å²) in [7, 11) is 0. The number of hydrogen-bond acceptors (Lipinski definition) is 6. The van der Waals surface area contributed by atoms with E-state index in [4.69, 9.17) is 9.47 Å². The van der Waals surface area contributed by atoms with Gasteiger partial charge in [0.2, 0.25) is 0 Å². The minimum atomic E-state index is -0.929. The highest BCUT2D eigenvalue weighted by molar-refractivity contribution is 6.46. The zero-order valence-corrected chi connectivity index (χ0v) is 22.2. The maximum absolute atomic E-state index is 13.4. The maximum Gasteiger partial charge on any atom is 0.295 e. The number of nitrogens with zero attached hydrogens (tertiary/aromatic N) is 1. The van der Waals surface area contributed by atoms with Crippen molar-refractivity contribution in [2.45, 2.75) is 39.7 Å². The molecular weight excluding hydrogens is 501 g/mol. The van der Waals surface area contributed by atoms with Gasteiger partial charge in [-0.1, -0.05) is 25.1 Å². The Morgan fingerprint density at radius 2 is 1.72 bits per heavy atom. The number of carbonyl (C=O) groups excluding carboxylic acids is 2. The molecule has 204 valence electrons. The molecule has 8 heteroatoms. The number of Topliss-reactive ketones (excluding diaryl/α,β-unsaturated/α-hetero) is 1. The van der Waals surface area contributed by atoms with Crippen LogP contribution in [0.1, 0.15) is 48.6 Å². The highest BCUT2D eigenvalue weighted by atomic mass is 19.1. The van der Waals surface area contributed by atoms with Crippen LogP contribution in [-0.2, 0) is 16.0 Å². The first kappa shape index (κ1) is 27.7. The summed E-state index contributed by atoms with van der Waals surface area (Å²) < 4.78 is 24.7. The molecule has 1 fully saturated rings. The lowest BCUT2D eigenvalue weighted by Gasteiger charge is -2.26. The fourth-order valence-electron chi connectivity index (χ4n) is 4.66. The number of amides is 1. The van der Waals surface area contributed by atoms with E-state index in [1.807, 2.05) is 13.8 Å². The first-order valence-corrected chi connectivity index (χ1v) is 13.0. The summed E-state index contributed by atoms with van der Waals surface area (Å²) in [5.41, 5.74) is 2.38. The van der Waals surface area contributed by atoms with Crippen LogP contribution in [0.2, 0.25) is 0 Å². The summed E-state index contributed by atoms with van der Waals surface area (Å²) in [4.78, 5) is 28.1. The molecule has 3 aromatic rings. The number of likely N-dealkylation sites (tertiary alicyclic amines) is 1. The average molecular weight is 534 g/mol. The Morgan fingerprint density at radius 1 is 0.974 bits per heavy atom. The van der Waals surface area contributed by atoms with Gasteiger partial charge in [0.05, 0.1) is 24.8 Å². The van der Waals surface area contributed by atoms with Gasteiger partial charge in [-0.05, 0) is 85.8 Å². The van der Waals surface area contributed by atoms with Gasteiger partial charge in [-0.15, -0.1) is 0 Å². The molecule has 0 aromatic heterocycles. The van der Waals surface area contributed by atoms with Crippen LogP contribution in [0.5, 0.6) is 17.2 Å². The summed E-state index contributed by atoms with van der Waals surface area (Å²) in [5.74, 6) is -1.45. The molecule has 1 unspecified atom stereocenters. The number of halogens is 1. The van der Waals surface area contributed by atoms with Gasteiger partial charge in [-0.2, -0.15) is 0 Å². The van der Waals surface area contributed by atoms with Crippen LogP contribution in [0.3, 0.4) is 0 Å². The van der Waals surface area contributed by atoms with Crippen LogP contribution in [-0.4, -0.2) is 46.6 Å². The van der Waals surface area contributed by atoms with Crippen molar-refractivity contribution < 1.29 is 33.7 Å². The van der Waals surface area contributed by atoms with Gasteiger partial charge in [0.25, 0.3) is 11.7 Å². The predicted molar refractivity (Wildman–Crippen MR) is 145 cm³/mol. The van der Waals surface area contributed by atoms with Crippen molar-refractivity contribution in [1.29, 1.82) is 0 Å². The molecule has 7 nitrogen and oxygen atoms in total. The number of aromatic hydroxyl groups is 1. The number of hydrogen-bond donors (Lipinski definition) is 2. The van der Waals surface area contributed by atoms with Crippen molar-refractivity contribution in [3.05, 3.63) is 94.3 Å². The zero-order chi connectivity index (χ0) is 28.1. The largest absolute Gasteiger partial charge is 0.507 e. The van der Waals surface area contributed by atoms with E-state index in [0.29, 0.717) is 36.5 Å². The summed E-state index contributed by atoms with van der Waals surface area (Å²) in [6.45, 7) is 6.62. The maximum atomic E-state index is 13.4. The Balaban J connectivity index is 1.79. The number of aliphatic hydroxyl groups excluding tert-OH is 1. The molecule has 1 heterocycles. The van der Waals surface area contributed by atoms with E-state index >= 15 is 0 Å². The smallest absolute Gasteiger partial charge is 0.295 e. The lowest BCUT2D eigenvalue weighted by molar-refractivity contribution is -0.139. The number of benzene rings is 3. The van der Waals surface area contributed by atoms with Gasteiger partial charge in [-0.3, -0.25) is 9.59 Å². The molecule has 0 radical (unpaired) electrons. The number of carbonyl (C=O) groups is 2. The summed E-state index contributed by atoms with van der Waals surface area (Å²) in [6, 6.07) is 14.7. The molecule has 0 saturated carbocycles. The number of ether oxygens (including phenoxy) is 2. The second-order valence-corrected chi connectivity index (χ2v) is 9.36. The quantitative estimate of drug-likeness (QED) is 0.197. The van der Waals surface area contributed by atoms with E-state index in [-0.39, 0.29) is 35.2 Å². The van der Waals surface area contributed by atoms with Gasteiger partial charge in [0, 0.05) is 12.1 Å². The van der Waals surface area contributed by atoms with E-state index in [2.05, 4.69) is 0 Å². The molecule has 4 rings (SSSR count). The second kappa shape index (κ2) is 12.0. The Hall–Kier alpha value is -4.33. The van der Waals surface area contributed by atoms with Gasteiger partial charge < -0.3 is 24.6 Å². The van der Waals surface area contributed by atoms with E-state index in [0.717, 1.165) is 17.5 Å². The van der Waals surface area contributed by atoms with Crippen molar-refractivity contribution in [3.8, 4) is 17.2 Å². The van der Waals surface area contributed by atoms with Crippen molar-refractivity contribution in [3.63, 3.8) is 0 Å². The molecule has 1 atom stereocenters. The van der Waals surface area contributed by atoms with Crippen LogP contribution in [0.4, 0.5) is 4.39 Å². The fourth-order valence-corrected chi connectivity index (χ4v) is 4.66. The van der Waals surface area contributed by atoms with Crippen LogP contribution in [0, 0.1) is 12.7 Å². The highest BCUT2D eigenvalue weighted by Gasteiger charge is 2.46. The molecule has 0 aliphatic carbocycles. The van der Waals surface area contributed by atoms with Gasteiger partial charge in [0.1, 0.15) is 17.3 Å². The van der Waals surface area contributed by atoms with Crippen LogP contribution < -0.4 is 9.47 Å². The number of aryl methyl sites for hydroxylation is 1. The van der Waals surface area contributed by atoms with E-state index in [1.165, 1.54) is 23.1 Å². The Morgan fingerprint density at radius 3 is 2.38 bits per heavy atom. The van der Waals surface area contributed by atoms with E-state index in [9.17, 15) is 24.2 Å². The molecule has 2 N–H and O–H groups in total. The van der Waals surface area contributed by atoms with E-state index < -0.39 is 17.7 Å². The minimum absolute atomic E-state index is 0.0612. The van der Waals surface area contributed by atoms with Gasteiger partial charge in [-0.25, -0.2) is 4.39 Å². The van der Waals surface area contributed by atoms with Crippen LogP contribution >= 0.6 is 0 Å². The molecule has 1 saturated heterocycles. The Bertz CT molecular complexity index is 1400. The lowest BCUT2D eigenvalue weighted by Crippen LogP contribution is -2.31. The van der Waals surface area contributed by atoms with E-state index in [1.54, 1.807) is 49.4 Å². The van der Waals surface area contributed by atoms with Crippen LogP contribution in [0.15, 0.2) is 66.2 Å². The highest BCUT2D eigenvalue weighted by Crippen LogP contribution is 2.42. The summed E-state index contributed by atoms with van der Waals surface area (Å²) >= 11 is 0. The third-order valence-corrected chi connectivity index (χ3v) is 6.60. The molecule has 0 bridgehead atoms. The Labute approximate surface area is 227 Å². The SMILES string of the molecule is CCCOc1ccc(/C(O)=C2/C(=O)C(=O)N(CCc3ccc(F)cc3)C2c2ccc(O)c(OCC)c2)cc1C. The average Bonchev–Trinajstić information content (AvgIpc) is 3.18. The molecule has 39 heavy (non-hydrogen) atoms. The topological polar surface area (TPSA) is 96.3 Å². The molecule has 1 aliphatic heterocycles. The second-order valence-electron chi connectivity index (χ2n) is 9.36. The van der Waals surface area contributed by atoms with Crippen molar-refractivity contribution in [2.75, 3.05) is 19.8 Å². The number of phenols is 1. The van der Waals surface area contributed by atoms with Crippen molar-refractivity contribution >= 4 is 17.4 Å². The minimum Gasteiger partial charge on any atom is -0.507 e. The third-order valence-electron chi connectivity index (χ3n) is 6.60. The number of rotatable bonds is 10. The molecule has 0 spiro atoms. The third kappa shape index (κ3) is 5.90. The number of aliphatic hydroxyl groups is 1. The number of phenolic OH excluding ortho intramolecular Hbond substituents is 1. The van der Waals surface area contributed by atoms with Crippen molar-refractivity contribution in [1.82, 2.24) is 4.90 Å². The zero-order valence-electron chi connectivity index (χ0n) is 22.2. The van der Waals surface area contributed by atoms with Gasteiger partial charge >= 0.3 is 0 Å². The summed E-state index contributed by atoms with van der Waals surface area (Å²) in [6.07, 6.45) is 1.21. The standard InChI is InChI=1S/C31H32FNO6/c1-4-16-39-25-13-9-22(17-19(25)3)29(35)27-28(21-8-12-24(34)26(18-21)38-5-2)33(31(37)30(27)36)15-14-20-6-10-23(32)11-7-20/h6-13,17-18,28,34-35H,4-5,14-16H2,1-3H3/b29-27-. The number of ketones is 1. The fraction of sp³-hybridized carbons (Fsp3) is 0.290. The molecule has 1 amide bonds.